The summed E-state index contributed by atoms with van der Waals surface area (Å²) in [6, 6.07) is 16.4. The van der Waals surface area contributed by atoms with E-state index in [9.17, 15) is 9.18 Å². The van der Waals surface area contributed by atoms with Gasteiger partial charge in [-0.25, -0.2) is 4.39 Å². The molecule has 2 aromatic carbocycles. The molecule has 0 aliphatic carbocycles. The summed E-state index contributed by atoms with van der Waals surface area (Å²) in [6.45, 7) is 2.50. The van der Waals surface area contributed by atoms with Crippen molar-refractivity contribution in [1.29, 1.82) is 0 Å². The van der Waals surface area contributed by atoms with Crippen molar-refractivity contribution in [2.75, 3.05) is 6.54 Å². The van der Waals surface area contributed by atoms with Crippen LogP contribution in [-0.4, -0.2) is 22.2 Å². The summed E-state index contributed by atoms with van der Waals surface area (Å²) in [4.78, 5) is 12.0. The van der Waals surface area contributed by atoms with Gasteiger partial charge in [-0.2, -0.15) is 5.10 Å². The van der Waals surface area contributed by atoms with Crippen molar-refractivity contribution in [1.82, 2.24) is 15.1 Å². The summed E-state index contributed by atoms with van der Waals surface area (Å²) in [5.74, 6) is -0.365. The molecule has 3 rings (SSSR count). The quantitative estimate of drug-likeness (QED) is 0.685. The van der Waals surface area contributed by atoms with Crippen LogP contribution in [0, 0.1) is 12.7 Å². The molecule has 0 bridgehead atoms. The second-order valence-corrected chi connectivity index (χ2v) is 6.33. The molecule has 4 nitrogen and oxygen atoms in total. The van der Waals surface area contributed by atoms with Gasteiger partial charge in [0.25, 0.3) is 5.91 Å². The molecular formula is C21H22FN3O. The molecule has 0 saturated carbocycles. The Bertz CT molecular complexity index is 880. The minimum absolute atomic E-state index is 0.149. The summed E-state index contributed by atoms with van der Waals surface area (Å²) < 4.78 is 15.5. The molecule has 0 unspecified atom stereocenters. The molecule has 0 spiro atoms. The Morgan fingerprint density at radius 3 is 2.54 bits per heavy atom. The zero-order valence-electron chi connectivity index (χ0n) is 15.0. The number of aromatic nitrogens is 2. The van der Waals surface area contributed by atoms with Crippen molar-refractivity contribution < 1.29 is 9.18 Å². The monoisotopic (exact) mass is 351 g/mol. The number of rotatable bonds is 6. The lowest BCUT2D eigenvalue weighted by molar-refractivity contribution is 0.0947. The van der Waals surface area contributed by atoms with Gasteiger partial charge in [0.2, 0.25) is 0 Å². The summed E-state index contributed by atoms with van der Waals surface area (Å²) in [5, 5.41) is 7.06. The van der Waals surface area contributed by atoms with Gasteiger partial charge in [-0.3, -0.25) is 9.48 Å². The minimum Gasteiger partial charge on any atom is -0.351 e. The van der Waals surface area contributed by atoms with Crippen LogP contribution in [0.25, 0.3) is 11.1 Å². The Morgan fingerprint density at radius 2 is 1.88 bits per heavy atom. The Balaban J connectivity index is 1.49. The predicted molar refractivity (Wildman–Crippen MR) is 100 cm³/mol. The number of hydrogen-bond donors (Lipinski definition) is 1. The number of benzene rings is 2. The summed E-state index contributed by atoms with van der Waals surface area (Å²) >= 11 is 0. The molecule has 3 aromatic rings. The van der Waals surface area contributed by atoms with Gasteiger partial charge < -0.3 is 5.32 Å². The Morgan fingerprint density at radius 1 is 1.15 bits per heavy atom. The lowest BCUT2D eigenvalue weighted by Gasteiger charge is -2.06. The SMILES string of the molecule is Cc1cc(C(=O)NCCCc2ccc(-c3ccccc3F)cc2)nn1C. The van der Waals surface area contributed by atoms with E-state index in [4.69, 9.17) is 0 Å². The third kappa shape index (κ3) is 4.17. The molecular weight excluding hydrogens is 329 g/mol. The summed E-state index contributed by atoms with van der Waals surface area (Å²) in [6.07, 6.45) is 1.68. The van der Waals surface area contributed by atoms with Gasteiger partial charge in [-0.1, -0.05) is 42.5 Å². The summed E-state index contributed by atoms with van der Waals surface area (Å²) in [7, 11) is 1.82. The number of halogens is 1. The number of hydrogen-bond acceptors (Lipinski definition) is 2. The first-order chi connectivity index (χ1) is 12.5. The Labute approximate surface area is 152 Å². The van der Waals surface area contributed by atoms with Crippen LogP contribution in [0.4, 0.5) is 4.39 Å². The molecule has 1 aromatic heterocycles. The van der Waals surface area contributed by atoms with E-state index in [0.29, 0.717) is 17.8 Å². The van der Waals surface area contributed by atoms with Crippen LogP contribution in [0.1, 0.15) is 28.2 Å². The minimum atomic E-state index is -0.215. The molecule has 0 aliphatic heterocycles. The van der Waals surface area contributed by atoms with E-state index < -0.39 is 0 Å². The first-order valence-electron chi connectivity index (χ1n) is 8.67. The second-order valence-electron chi connectivity index (χ2n) is 6.33. The number of aryl methyl sites for hydroxylation is 3. The lowest BCUT2D eigenvalue weighted by atomic mass is 10.0. The number of nitrogens with one attached hydrogen (secondary N) is 1. The molecule has 1 amide bonds. The van der Waals surface area contributed by atoms with Crippen LogP contribution in [-0.2, 0) is 13.5 Å². The lowest BCUT2D eigenvalue weighted by Crippen LogP contribution is -2.25. The Hall–Kier alpha value is -2.95. The molecule has 0 atom stereocenters. The highest BCUT2D eigenvalue weighted by Gasteiger charge is 2.10. The van der Waals surface area contributed by atoms with E-state index in [1.807, 2.05) is 44.3 Å². The fourth-order valence-electron chi connectivity index (χ4n) is 2.80. The largest absolute Gasteiger partial charge is 0.351 e. The molecule has 0 radical (unpaired) electrons. The average Bonchev–Trinajstić information content (AvgIpc) is 2.99. The van der Waals surface area contributed by atoms with E-state index >= 15 is 0 Å². The van der Waals surface area contributed by atoms with Crippen molar-refractivity contribution in [3.8, 4) is 11.1 Å². The van der Waals surface area contributed by atoms with Crippen molar-refractivity contribution in [2.24, 2.45) is 7.05 Å². The number of nitrogens with zero attached hydrogens (tertiary/aromatic N) is 2. The summed E-state index contributed by atoms with van der Waals surface area (Å²) in [5.41, 5.74) is 4.03. The first-order valence-corrected chi connectivity index (χ1v) is 8.67. The van der Waals surface area contributed by atoms with Crippen molar-refractivity contribution in [3.05, 3.63) is 77.4 Å². The van der Waals surface area contributed by atoms with Crippen LogP contribution in [0.15, 0.2) is 54.6 Å². The van der Waals surface area contributed by atoms with Crippen molar-refractivity contribution in [2.45, 2.75) is 19.8 Å². The topological polar surface area (TPSA) is 46.9 Å². The highest BCUT2D eigenvalue weighted by molar-refractivity contribution is 5.92. The van der Waals surface area contributed by atoms with E-state index in [2.05, 4.69) is 10.4 Å². The predicted octanol–water partition coefficient (Wildman–Crippen LogP) is 3.90. The maximum Gasteiger partial charge on any atom is 0.271 e. The molecule has 0 aliphatic rings. The van der Waals surface area contributed by atoms with Crippen LogP contribution >= 0.6 is 0 Å². The van der Waals surface area contributed by atoms with Gasteiger partial charge in [0.1, 0.15) is 11.5 Å². The first kappa shape index (κ1) is 17.9. The Kier molecular flexibility index (Phi) is 5.46. The number of carbonyl (C=O) groups excluding carboxylic acids is 1. The van der Waals surface area contributed by atoms with Crippen LogP contribution < -0.4 is 5.32 Å². The van der Waals surface area contributed by atoms with Crippen molar-refractivity contribution >= 4 is 5.91 Å². The fraction of sp³-hybridized carbons (Fsp3) is 0.238. The van der Waals surface area contributed by atoms with Gasteiger partial charge in [0.15, 0.2) is 0 Å². The van der Waals surface area contributed by atoms with Crippen LogP contribution in [0.3, 0.4) is 0 Å². The van der Waals surface area contributed by atoms with Crippen LogP contribution in [0.5, 0.6) is 0 Å². The molecule has 5 heteroatoms. The van der Waals surface area contributed by atoms with E-state index in [1.54, 1.807) is 22.9 Å². The van der Waals surface area contributed by atoms with E-state index in [1.165, 1.54) is 6.07 Å². The maximum absolute atomic E-state index is 13.8. The standard InChI is InChI=1S/C21H22FN3O/c1-15-14-20(24-25(15)2)21(26)23-13-5-6-16-9-11-17(12-10-16)18-7-3-4-8-19(18)22/h3-4,7-12,14H,5-6,13H2,1-2H3,(H,23,26). The highest BCUT2D eigenvalue weighted by Crippen LogP contribution is 2.23. The highest BCUT2D eigenvalue weighted by atomic mass is 19.1. The smallest absolute Gasteiger partial charge is 0.271 e. The zero-order valence-corrected chi connectivity index (χ0v) is 15.0. The molecule has 0 fully saturated rings. The molecule has 0 saturated heterocycles. The average molecular weight is 351 g/mol. The normalized spacial score (nSPS) is 10.7. The molecule has 26 heavy (non-hydrogen) atoms. The van der Waals surface area contributed by atoms with Gasteiger partial charge in [-0.05, 0) is 43.0 Å². The van der Waals surface area contributed by atoms with E-state index in [0.717, 1.165) is 29.7 Å². The molecule has 1 heterocycles. The van der Waals surface area contributed by atoms with E-state index in [-0.39, 0.29) is 11.7 Å². The number of amides is 1. The third-order valence-corrected chi connectivity index (χ3v) is 4.41. The van der Waals surface area contributed by atoms with Crippen molar-refractivity contribution in [3.63, 3.8) is 0 Å². The second kappa shape index (κ2) is 7.95. The van der Waals surface area contributed by atoms with Gasteiger partial charge in [-0.15, -0.1) is 0 Å². The van der Waals surface area contributed by atoms with Crippen LogP contribution in [0.2, 0.25) is 0 Å². The third-order valence-electron chi connectivity index (χ3n) is 4.41. The number of carbonyl (C=O) groups is 1. The van der Waals surface area contributed by atoms with Gasteiger partial charge in [0, 0.05) is 24.8 Å². The fourth-order valence-corrected chi connectivity index (χ4v) is 2.80. The zero-order chi connectivity index (χ0) is 18.5. The van der Waals surface area contributed by atoms with Gasteiger partial charge in [0.05, 0.1) is 0 Å². The molecule has 1 N–H and O–H groups in total. The molecule has 134 valence electrons. The van der Waals surface area contributed by atoms with Gasteiger partial charge >= 0.3 is 0 Å². The maximum atomic E-state index is 13.8.